The molecule has 0 atom stereocenters. The number of nitrogens with one attached hydrogen (secondary N) is 1. The number of rotatable bonds is 6. The molecule has 1 fully saturated rings. The summed E-state index contributed by atoms with van der Waals surface area (Å²) >= 11 is 3.18. The van der Waals surface area contributed by atoms with Crippen LogP contribution >= 0.6 is 23.1 Å². The lowest BCUT2D eigenvalue weighted by molar-refractivity contribution is 0.0831. The van der Waals surface area contributed by atoms with E-state index in [9.17, 15) is 13.2 Å². The molecule has 5 rings (SSSR count). The quantitative estimate of drug-likeness (QED) is 0.531. The van der Waals surface area contributed by atoms with E-state index in [2.05, 4.69) is 22.4 Å². The Kier molecular flexibility index (Phi) is 6.37. The summed E-state index contributed by atoms with van der Waals surface area (Å²) in [5, 5.41) is 7.05. The summed E-state index contributed by atoms with van der Waals surface area (Å²) in [5.74, 6) is 0.752. The van der Waals surface area contributed by atoms with Gasteiger partial charge in [-0.05, 0) is 41.8 Å². The van der Waals surface area contributed by atoms with E-state index < -0.39 is 10.0 Å². The Morgan fingerprint density at radius 1 is 1.18 bits per heavy atom. The molecule has 1 amide bonds. The average molecular weight is 513 g/mol. The zero-order valence-electron chi connectivity index (χ0n) is 18.6. The number of anilines is 2. The number of carbonyl (C=O) groups excluding carboxylic acids is 1. The van der Waals surface area contributed by atoms with Gasteiger partial charge in [0.1, 0.15) is 0 Å². The highest BCUT2D eigenvalue weighted by Gasteiger charge is 2.29. The van der Waals surface area contributed by atoms with Crippen molar-refractivity contribution in [2.75, 3.05) is 34.7 Å². The highest BCUT2D eigenvalue weighted by Crippen LogP contribution is 2.34. The van der Waals surface area contributed by atoms with Crippen molar-refractivity contribution in [3.05, 3.63) is 81.3 Å². The van der Waals surface area contributed by atoms with E-state index in [0.29, 0.717) is 37.3 Å². The van der Waals surface area contributed by atoms with Crippen LogP contribution in [0.25, 0.3) is 6.08 Å². The molecule has 7 nitrogen and oxygen atoms in total. The molecule has 1 aromatic heterocycles. The van der Waals surface area contributed by atoms with Crippen molar-refractivity contribution >= 4 is 55.9 Å². The maximum Gasteiger partial charge on any atom is 0.258 e. The molecule has 0 aliphatic carbocycles. The molecule has 3 heterocycles. The summed E-state index contributed by atoms with van der Waals surface area (Å²) in [4.78, 5) is 19.7. The minimum atomic E-state index is -3.31. The Labute approximate surface area is 207 Å². The number of hydrogen-bond acceptors (Lipinski definition) is 7. The van der Waals surface area contributed by atoms with Crippen LogP contribution in [-0.2, 0) is 23.0 Å². The van der Waals surface area contributed by atoms with Crippen LogP contribution in [0.4, 0.5) is 10.8 Å². The summed E-state index contributed by atoms with van der Waals surface area (Å²) < 4.78 is 25.4. The van der Waals surface area contributed by atoms with Crippen LogP contribution in [0.2, 0.25) is 0 Å². The first-order chi connectivity index (χ1) is 16.4. The Bertz CT molecular complexity index is 1350. The van der Waals surface area contributed by atoms with Crippen LogP contribution in [0.5, 0.6) is 0 Å². The molecule has 0 saturated carbocycles. The van der Waals surface area contributed by atoms with Gasteiger partial charge in [0.25, 0.3) is 5.91 Å². The van der Waals surface area contributed by atoms with Gasteiger partial charge in [0, 0.05) is 36.3 Å². The molecule has 2 aliphatic rings. The SMILES string of the molecule is CS(=O)(=O)N1CCc2cc(C(=O)N3CCS/C3=C/c3csc(NCc4ccccc4)n3)ccc21. The highest BCUT2D eigenvalue weighted by molar-refractivity contribution is 8.03. The third-order valence-corrected chi connectivity index (χ3v) is 8.75. The maximum absolute atomic E-state index is 13.3. The van der Waals surface area contributed by atoms with Crippen molar-refractivity contribution in [3.63, 3.8) is 0 Å². The lowest BCUT2D eigenvalue weighted by Crippen LogP contribution is -2.28. The molecule has 1 N–H and O–H groups in total. The van der Waals surface area contributed by atoms with Gasteiger partial charge in [-0.2, -0.15) is 0 Å². The molecule has 1 saturated heterocycles. The van der Waals surface area contributed by atoms with Crippen LogP contribution in [0.3, 0.4) is 0 Å². The molecule has 3 aromatic rings. The van der Waals surface area contributed by atoms with Crippen LogP contribution < -0.4 is 9.62 Å². The zero-order chi connectivity index (χ0) is 23.7. The predicted octanol–water partition coefficient (Wildman–Crippen LogP) is 4.26. The number of thioether (sulfide) groups is 1. The molecule has 10 heteroatoms. The van der Waals surface area contributed by atoms with Gasteiger partial charge in [0.2, 0.25) is 10.0 Å². The molecule has 2 aliphatic heterocycles. The van der Waals surface area contributed by atoms with Gasteiger partial charge < -0.3 is 10.2 Å². The summed E-state index contributed by atoms with van der Waals surface area (Å²) in [6.07, 6.45) is 3.78. The van der Waals surface area contributed by atoms with E-state index in [1.54, 1.807) is 40.1 Å². The van der Waals surface area contributed by atoms with Crippen molar-refractivity contribution in [3.8, 4) is 0 Å². The van der Waals surface area contributed by atoms with E-state index in [1.165, 1.54) is 16.1 Å². The topological polar surface area (TPSA) is 82.6 Å². The Balaban J connectivity index is 1.30. The number of fused-ring (bicyclic) bond motifs is 1. The molecular formula is C24H24N4O3S3. The lowest BCUT2D eigenvalue weighted by atomic mass is 10.1. The van der Waals surface area contributed by atoms with Gasteiger partial charge in [-0.1, -0.05) is 30.3 Å². The monoisotopic (exact) mass is 512 g/mol. The van der Waals surface area contributed by atoms with E-state index in [1.807, 2.05) is 35.7 Å². The maximum atomic E-state index is 13.3. The van der Waals surface area contributed by atoms with Crippen LogP contribution in [-0.4, -0.2) is 49.3 Å². The molecule has 0 spiro atoms. The number of hydrogen-bond donors (Lipinski definition) is 1. The molecule has 2 aromatic carbocycles. The molecular weight excluding hydrogens is 488 g/mol. The summed E-state index contributed by atoms with van der Waals surface area (Å²) in [6.45, 7) is 1.75. The fourth-order valence-electron chi connectivity index (χ4n) is 4.09. The van der Waals surface area contributed by atoms with Gasteiger partial charge in [0.05, 0.1) is 22.7 Å². The smallest absolute Gasteiger partial charge is 0.258 e. The number of sulfonamides is 1. The minimum absolute atomic E-state index is 0.0745. The first kappa shape index (κ1) is 22.9. The molecule has 0 radical (unpaired) electrons. The van der Waals surface area contributed by atoms with Crippen molar-refractivity contribution in [1.82, 2.24) is 9.88 Å². The Morgan fingerprint density at radius 3 is 2.79 bits per heavy atom. The number of amides is 1. The normalized spacial score (nSPS) is 16.8. The summed E-state index contributed by atoms with van der Waals surface area (Å²) in [6, 6.07) is 15.5. The average Bonchev–Trinajstić information content (AvgIpc) is 3.57. The summed E-state index contributed by atoms with van der Waals surface area (Å²) in [5.41, 5.74) is 4.15. The second kappa shape index (κ2) is 9.44. The van der Waals surface area contributed by atoms with Crippen LogP contribution in [0.1, 0.15) is 27.2 Å². The third kappa shape index (κ3) is 4.84. The number of aromatic nitrogens is 1. The van der Waals surface area contributed by atoms with Crippen LogP contribution in [0.15, 0.2) is 58.9 Å². The summed E-state index contributed by atoms with van der Waals surface area (Å²) in [7, 11) is -3.31. The van der Waals surface area contributed by atoms with Gasteiger partial charge >= 0.3 is 0 Å². The Morgan fingerprint density at radius 2 is 2.00 bits per heavy atom. The molecule has 0 bridgehead atoms. The van der Waals surface area contributed by atoms with Crippen molar-refractivity contribution < 1.29 is 13.2 Å². The van der Waals surface area contributed by atoms with E-state index in [4.69, 9.17) is 0 Å². The van der Waals surface area contributed by atoms with Gasteiger partial charge in [-0.25, -0.2) is 13.4 Å². The molecule has 0 unspecified atom stereocenters. The highest BCUT2D eigenvalue weighted by atomic mass is 32.2. The van der Waals surface area contributed by atoms with Crippen LogP contribution in [0, 0.1) is 0 Å². The first-order valence-electron chi connectivity index (χ1n) is 10.9. The number of nitrogens with zero attached hydrogens (tertiary/aromatic N) is 3. The standard InChI is InChI=1S/C24H24N4O3S3/c1-34(30,31)28-10-9-18-13-19(7-8-21(18)28)23(29)27-11-12-32-22(27)14-20-16-33-24(26-20)25-15-17-5-3-2-4-6-17/h2-8,13-14,16H,9-12,15H2,1H3,(H,25,26)/b22-14+. The fourth-order valence-corrected chi connectivity index (χ4v) is 6.73. The largest absolute Gasteiger partial charge is 0.357 e. The first-order valence-corrected chi connectivity index (χ1v) is 14.6. The van der Waals surface area contributed by atoms with Gasteiger partial charge in [0.15, 0.2) is 5.13 Å². The van der Waals surface area contributed by atoms with E-state index in [-0.39, 0.29) is 5.91 Å². The zero-order valence-corrected chi connectivity index (χ0v) is 21.0. The second-order valence-electron chi connectivity index (χ2n) is 8.13. The lowest BCUT2D eigenvalue weighted by Gasteiger charge is -2.19. The van der Waals surface area contributed by atoms with Crippen molar-refractivity contribution in [1.29, 1.82) is 0 Å². The van der Waals surface area contributed by atoms with Crippen molar-refractivity contribution in [2.45, 2.75) is 13.0 Å². The fraction of sp³-hybridized carbons (Fsp3) is 0.250. The van der Waals surface area contributed by atoms with E-state index in [0.717, 1.165) is 27.2 Å². The molecule has 176 valence electrons. The third-order valence-electron chi connectivity index (χ3n) is 5.74. The minimum Gasteiger partial charge on any atom is -0.357 e. The van der Waals surface area contributed by atoms with Gasteiger partial charge in [-0.15, -0.1) is 23.1 Å². The number of benzene rings is 2. The van der Waals surface area contributed by atoms with Gasteiger partial charge in [-0.3, -0.25) is 9.10 Å². The Hall–Kier alpha value is -2.82. The number of carbonyl (C=O) groups is 1. The predicted molar refractivity (Wildman–Crippen MR) is 140 cm³/mol. The molecule has 34 heavy (non-hydrogen) atoms. The van der Waals surface area contributed by atoms with Crippen molar-refractivity contribution in [2.24, 2.45) is 0 Å². The second-order valence-corrected chi connectivity index (χ2v) is 12.0. The van der Waals surface area contributed by atoms with E-state index >= 15 is 0 Å². The number of thiazole rings is 1.